The highest BCUT2D eigenvalue weighted by atomic mass is 16.6. The van der Waals surface area contributed by atoms with Crippen molar-refractivity contribution in [3.05, 3.63) is 96.3 Å². The Morgan fingerprint density at radius 2 is 1.57 bits per heavy atom. The van der Waals surface area contributed by atoms with E-state index in [2.05, 4.69) is 4.98 Å². The average molecular weight is 398 g/mol. The number of amides is 2. The molecule has 5 rings (SSSR count). The molecule has 0 atom stereocenters. The predicted octanol–water partition coefficient (Wildman–Crippen LogP) is 4.58. The number of benzene rings is 3. The number of hydrogen-bond acceptors (Lipinski definition) is 5. The molecular weight excluding hydrogens is 380 g/mol. The number of hydrogen-bond donors (Lipinski definition) is 0. The van der Waals surface area contributed by atoms with Gasteiger partial charge in [0.1, 0.15) is 12.4 Å². The number of aromatic nitrogens is 2. The fourth-order valence-corrected chi connectivity index (χ4v) is 3.56. The molecule has 0 N–H and O–H groups in total. The molecule has 7 nitrogen and oxygen atoms in total. The van der Waals surface area contributed by atoms with Crippen molar-refractivity contribution in [3.63, 3.8) is 0 Å². The Hall–Kier alpha value is -4.13. The lowest BCUT2D eigenvalue weighted by atomic mass is 10.2. The molecular formula is C23H18N4O3. The van der Waals surface area contributed by atoms with Gasteiger partial charge in [0.2, 0.25) is 0 Å². The maximum Gasteiger partial charge on any atom is 0.438 e. The van der Waals surface area contributed by atoms with Gasteiger partial charge in [-0.2, -0.15) is 0 Å². The molecule has 0 aliphatic carbocycles. The fraction of sp³-hybridized carbons (Fsp3) is 0.0870. The smallest absolute Gasteiger partial charge is 0.438 e. The van der Waals surface area contributed by atoms with Crippen molar-refractivity contribution in [1.29, 1.82) is 0 Å². The van der Waals surface area contributed by atoms with E-state index in [4.69, 9.17) is 4.74 Å². The van der Waals surface area contributed by atoms with E-state index < -0.39 is 12.1 Å². The monoisotopic (exact) mass is 398 g/mol. The minimum Gasteiger partial charge on any atom is -0.443 e. The molecule has 0 saturated carbocycles. The number of carbonyl (C=O) groups excluding carboxylic acids is 2. The van der Waals surface area contributed by atoms with Gasteiger partial charge in [-0.15, -0.1) is 5.01 Å². The van der Waals surface area contributed by atoms with E-state index >= 15 is 0 Å². The highest BCUT2D eigenvalue weighted by Crippen LogP contribution is 2.28. The third-order valence-corrected chi connectivity index (χ3v) is 4.97. The van der Waals surface area contributed by atoms with Gasteiger partial charge in [-0.25, -0.2) is 19.1 Å². The molecule has 0 bridgehead atoms. The molecule has 2 amide bonds. The Morgan fingerprint density at radius 1 is 0.900 bits per heavy atom. The standard InChI is InChI=1S/C23H18N4O3/c28-22-26-20-14-8-7-13-19(20)24-21(26)15-25(18-11-5-2-6-12-18)27(22)23(29)30-16-17-9-3-1-4-10-17/h1-14H,15-16H2. The van der Waals surface area contributed by atoms with E-state index in [-0.39, 0.29) is 13.2 Å². The summed E-state index contributed by atoms with van der Waals surface area (Å²) in [5, 5.41) is 2.64. The van der Waals surface area contributed by atoms with Crippen LogP contribution >= 0.6 is 0 Å². The normalized spacial score (nSPS) is 13.4. The second-order valence-electron chi connectivity index (χ2n) is 6.88. The van der Waals surface area contributed by atoms with Crippen molar-refractivity contribution in [1.82, 2.24) is 14.6 Å². The number of carbonyl (C=O) groups is 2. The Morgan fingerprint density at radius 3 is 2.33 bits per heavy atom. The van der Waals surface area contributed by atoms with Crippen molar-refractivity contribution in [3.8, 4) is 0 Å². The van der Waals surface area contributed by atoms with Crippen molar-refractivity contribution in [2.24, 2.45) is 0 Å². The maximum absolute atomic E-state index is 13.4. The van der Waals surface area contributed by atoms with E-state index in [0.717, 1.165) is 10.6 Å². The van der Waals surface area contributed by atoms with Crippen molar-refractivity contribution < 1.29 is 14.3 Å². The minimum absolute atomic E-state index is 0.0730. The van der Waals surface area contributed by atoms with Gasteiger partial charge in [0.05, 0.1) is 23.3 Å². The van der Waals surface area contributed by atoms with E-state index in [9.17, 15) is 9.59 Å². The minimum atomic E-state index is -0.740. The number of imide groups is 1. The van der Waals surface area contributed by atoms with Crippen LogP contribution in [0.15, 0.2) is 84.9 Å². The molecule has 0 fully saturated rings. The zero-order chi connectivity index (χ0) is 20.5. The van der Waals surface area contributed by atoms with Crippen LogP contribution in [-0.2, 0) is 17.9 Å². The number of para-hydroxylation sites is 3. The number of anilines is 1. The zero-order valence-corrected chi connectivity index (χ0v) is 16.0. The Balaban J connectivity index is 1.53. The van der Waals surface area contributed by atoms with Gasteiger partial charge in [-0.3, -0.25) is 5.01 Å². The molecule has 3 aromatic carbocycles. The van der Waals surface area contributed by atoms with Crippen LogP contribution in [0.2, 0.25) is 0 Å². The molecule has 1 aromatic heterocycles. The van der Waals surface area contributed by atoms with Crippen LogP contribution < -0.4 is 5.01 Å². The molecule has 0 radical (unpaired) electrons. The van der Waals surface area contributed by atoms with Crippen molar-refractivity contribution in [2.45, 2.75) is 13.2 Å². The van der Waals surface area contributed by atoms with Gasteiger partial charge < -0.3 is 4.74 Å². The Bertz CT molecular complexity index is 1220. The third-order valence-electron chi connectivity index (χ3n) is 4.97. The highest BCUT2D eigenvalue weighted by Gasteiger charge is 2.38. The molecule has 4 aromatic rings. The van der Waals surface area contributed by atoms with E-state index in [1.54, 1.807) is 5.01 Å². The van der Waals surface area contributed by atoms with Gasteiger partial charge >= 0.3 is 12.1 Å². The zero-order valence-electron chi connectivity index (χ0n) is 16.0. The van der Waals surface area contributed by atoms with E-state index in [1.165, 1.54) is 4.57 Å². The lowest BCUT2D eigenvalue weighted by molar-refractivity contribution is 0.0969. The number of ether oxygens (including phenoxy) is 1. The molecule has 2 heterocycles. The van der Waals surface area contributed by atoms with Gasteiger partial charge in [0, 0.05) is 0 Å². The number of fused-ring (bicyclic) bond motifs is 3. The van der Waals surface area contributed by atoms with Crippen LogP contribution in [0.4, 0.5) is 15.3 Å². The summed E-state index contributed by atoms with van der Waals surface area (Å²) in [6.07, 6.45) is -0.740. The first-order valence-electron chi connectivity index (χ1n) is 9.56. The largest absolute Gasteiger partial charge is 0.443 e. The first-order chi connectivity index (χ1) is 14.7. The van der Waals surface area contributed by atoms with Gasteiger partial charge in [-0.05, 0) is 29.8 Å². The molecule has 0 unspecified atom stereocenters. The summed E-state index contributed by atoms with van der Waals surface area (Å²) >= 11 is 0. The average Bonchev–Trinajstić information content (AvgIpc) is 3.17. The lowest BCUT2D eigenvalue weighted by Gasteiger charge is -2.37. The SMILES string of the molecule is O=C(OCc1ccccc1)N1C(=O)n2c(nc3ccccc32)CN1c1ccccc1. The Kier molecular flexibility index (Phi) is 4.40. The summed E-state index contributed by atoms with van der Waals surface area (Å²) in [7, 11) is 0. The quantitative estimate of drug-likeness (QED) is 0.505. The number of hydrazine groups is 1. The fourth-order valence-electron chi connectivity index (χ4n) is 3.56. The molecule has 7 heteroatoms. The third kappa shape index (κ3) is 3.06. The van der Waals surface area contributed by atoms with Gasteiger partial charge in [-0.1, -0.05) is 60.7 Å². The number of imidazole rings is 1. The molecule has 0 spiro atoms. The first kappa shape index (κ1) is 17.9. The van der Waals surface area contributed by atoms with Crippen LogP contribution in [0.3, 0.4) is 0 Å². The molecule has 1 aliphatic heterocycles. The van der Waals surface area contributed by atoms with Crippen LogP contribution in [-0.4, -0.2) is 26.7 Å². The van der Waals surface area contributed by atoms with Gasteiger partial charge in [0.25, 0.3) is 0 Å². The molecule has 30 heavy (non-hydrogen) atoms. The summed E-state index contributed by atoms with van der Waals surface area (Å²) in [5.74, 6) is 0.567. The van der Waals surface area contributed by atoms with Crippen LogP contribution in [0.1, 0.15) is 11.4 Å². The highest BCUT2D eigenvalue weighted by molar-refractivity contribution is 6.00. The summed E-state index contributed by atoms with van der Waals surface area (Å²) in [6.45, 7) is 0.328. The summed E-state index contributed by atoms with van der Waals surface area (Å²) in [4.78, 5) is 31.1. The number of nitrogens with zero attached hydrogens (tertiary/aromatic N) is 4. The second kappa shape index (κ2) is 7.36. The molecule has 0 saturated heterocycles. The summed E-state index contributed by atoms with van der Waals surface area (Å²) in [6, 6.07) is 25.5. The molecule has 1 aliphatic rings. The first-order valence-corrected chi connectivity index (χ1v) is 9.56. The summed E-state index contributed by atoms with van der Waals surface area (Å²) < 4.78 is 6.95. The van der Waals surface area contributed by atoms with Crippen LogP contribution in [0.5, 0.6) is 0 Å². The topological polar surface area (TPSA) is 67.7 Å². The van der Waals surface area contributed by atoms with E-state index in [1.807, 2.05) is 84.9 Å². The van der Waals surface area contributed by atoms with E-state index in [0.29, 0.717) is 22.5 Å². The maximum atomic E-state index is 13.4. The predicted molar refractivity (Wildman–Crippen MR) is 112 cm³/mol. The van der Waals surface area contributed by atoms with Crippen LogP contribution in [0, 0.1) is 0 Å². The van der Waals surface area contributed by atoms with Crippen molar-refractivity contribution in [2.75, 3.05) is 5.01 Å². The number of rotatable bonds is 3. The summed E-state index contributed by atoms with van der Waals surface area (Å²) in [5.41, 5.74) is 2.90. The van der Waals surface area contributed by atoms with Gasteiger partial charge in [0.15, 0.2) is 0 Å². The lowest BCUT2D eigenvalue weighted by Crippen LogP contribution is -2.55. The Labute approximate surface area is 172 Å². The van der Waals surface area contributed by atoms with Crippen LogP contribution in [0.25, 0.3) is 11.0 Å². The molecule has 148 valence electrons. The second-order valence-corrected chi connectivity index (χ2v) is 6.88. The van der Waals surface area contributed by atoms with Crippen molar-refractivity contribution >= 4 is 28.8 Å².